The van der Waals surface area contributed by atoms with Crippen LogP contribution in [0.1, 0.15) is 47.0 Å². The summed E-state index contributed by atoms with van der Waals surface area (Å²) >= 11 is 0. The van der Waals surface area contributed by atoms with E-state index in [-0.39, 0.29) is 0 Å². The Labute approximate surface area is 112 Å². The van der Waals surface area contributed by atoms with Crippen molar-refractivity contribution in [2.45, 2.75) is 65.1 Å². The van der Waals surface area contributed by atoms with Gasteiger partial charge in [0.1, 0.15) is 0 Å². The summed E-state index contributed by atoms with van der Waals surface area (Å²) in [6.07, 6.45) is 4.09. The molecule has 2 rings (SSSR count). The number of nitrogens with two attached hydrogens (primary N) is 1. The third-order valence-electron chi connectivity index (χ3n) is 4.83. The molecular formula is C15H30N2O. The second-order valence-corrected chi connectivity index (χ2v) is 7.28. The van der Waals surface area contributed by atoms with E-state index in [2.05, 4.69) is 32.6 Å². The maximum absolute atomic E-state index is 6.38. The van der Waals surface area contributed by atoms with Gasteiger partial charge in [-0.1, -0.05) is 20.8 Å². The molecular weight excluding hydrogens is 224 g/mol. The van der Waals surface area contributed by atoms with E-state index < -0.39 is 0 Å². The largest absolute Gasteiger partial charge is 0.376 e. The summed E-state index contributed by atoms with van der Waals surface area (Å²) < 4.78 is 5.65. The first-order valence-corrected chi connectivity index (χ1v) is 7.49. The summed E-state index contributed by atoms with van der Waals surface area (Å²) in [7, 11) is 0. The summed E-state index contributed by atoms with van der Waals surface area (Å²) in [5, 5.41) is 0. The van der Waals surface area contributed by atoms with Gasteiger partial charge in [-0.05, 0) is 37.5 Å². The maximum Gasteiger partial charge on any atom is 0.0674 e. The second kappa shape index (κ2) is 5.48. The molecule has 0 radical (unpaired) electrons. The van der Waals surface area contributed by atoms with Crippen molar-refractivity contribution in [2.75, 3.05) is 19.7 Å². The Morgan fingerprint density at radius 2 is 1.94 bits per heavy atom. The monoisotopic (exact) mass is 254 g/mol. The number of hydrogen-bond acceptors (Lipinski definition) is 3. The van der Waals surface area contributed by atoms with Gasteiger partial charge in [-0.3, -0.25) is 4.90 Å². The molecule has 4 unspecified atom stereocenters. The Bertz CT molecular complexity index is 274. The van der Waals surface area contributed by atoms with Gasteiger partial charge in [-0.15, -0.1) is 0 Å². The van der Waals surface area contributed by atoms with Crippen molar-refractivity contribution in [1.29, 1.82) is 0 Å². The van der Waals surface area contributed by atoms with Crippen LogP contribution in [0, 0.1) is 11.3 Å². The number of nitrogens with zero attached hydrogens (tertiary/aromatic N) is 1. The molecule has 1 heterocycles. The highest BCUT2D eigenvalue weighted by Crippen LogP contribution is 2.39. The summed E-state index contributed by atoms with van der Waals surface area (Å²) in [4.78, 5) is 2.58. The Morgan fingerprint density at radius 1 is 1.22 bits per heavy atom. The van der Waals surface area contributed by atoms with E-state index in [4.69, 9.17) is 10.5 Å². The van der Waals surface area contributed by atoms with Crippen LogP contribution in [0.2, 0.25) is 0 Å². The van der Waals surface area contributed by atoms with E-state index >= 15 is 0 Å². The Balaban J connectivity index is 2.01. The molecule has 1 aliphatic heterocycles. The van der Waals surface area contributed by atoms with Crippen LogP contribution in [-0.2, 0) is 4.74 Å². The molecule has 1 saturated heterocycles. The Kier molecular flexibility index (Phi) is 4.35. The minimum atomic E-state index is 0.355. The van der Waals surface area contributed by atoms with Crippen LogP contribution in [0.3, 0.4) is 0 Å². The average Bonchev–Trinajstić information content (AvgIpc) is 2.28. The van der Waals surface area contributed by atoms with Gasteiger partial charge in [0.15, 0.2) is 0 Å². The van der Waals surface area contributed by atoms with Gasteiger partial charge in [0.25, 0.3) is 0 Å². The highest BCUT2D eigenvalue weighted by atomic mass is 16.5. The highest BCUT2D eigenvalue weighted by Gasteiger charge is 2.38. The normalized spacial score (nSPS) is 39.8. The molecule has 18 heavy (non-hydrogen) atoms. The summed E-state index contributed by atoms with van der Waals surface area (Å²) in [5.41, 5.74) is 6.79. The predicted molar refractivity (Wildman–Crippen MR) is 75.5 cm³/mol. The molecule has 2 fully saturated rings. The molecule has 1 saturated carbocycles. The smallest absolute Gasteiger partial charge is 0.0674 e. The van der Waals surface area contributed by atoms with E-state index in [0.29, 0.717) is 23.6 Å². The first kappa shape index (κ1) is 14.3. The van der Waals surface area contributed by atoms with Gasteiger partial charge in [-0.2, -0.15) is 0 Å². The van der Waals surface area contributed by atoms with Gasteiger partial charge in [0.05, 0.1) is 12.7 Å². The van der Waals surface area contributed by atoms with Crippen molar-refractivity contribution in [3.8, 4) is 0 Å². The molecule has 3 heteroatoms. The number of hydrogen-bond donors (Lipinski definition) is 1. The summed E-state index contributed by atoms with van der Waals surface area (Å²) in [6, 6.07) is 0.920. The highest BCUT2D eigenvalue weighted by molar-refractivity contribution is 4.93. The van der Waals surface area contributed by atoms with Gasteiger partial charge in [0.2, 0.25) is 0 Å². The van der Waals surface area contributed by atoms with E-state index in [1.165, 1.54) is 19.3 Å². The summed E-state index contributed by atoms with van der Waals surface area (Å²) in [5.74, 6) is 0.806. The third-order valence-corrected chi connectivity index (χ3v) is 4.83. The van der Waals surface area contributed by atoms with Crippen molar-refractivity contribution in [1.82, 2.24) is 4.90 Å². The molecule has 0 bridgehead atoms. The number of ether oxygens (including phenoxy) is 1. The van der Waals surface area contributed by atoms with Crippen molar-refractivity contribution in [3.05, 3.63) is 0 Å². The van der Waals surface area contributed by atoms with Crippen molar-refractivity contribution >= 4 is 0 Å². The van der Waals surface area contributed by atoms with E-state index in [1.54, 1.807) is 0 Å². The first-order chi connectivity index (χ1) is 8.38. The van der Waals surface area contributed by atoms with Crippen LogP contribution in [0.5, 0.6) is 0 Å². The minimum absolute atomic E-state index is 0.355. The molecule has 1 aliphatic carbocycles. The lowest BCUT2D eigenvalue weighted by Crippen LogP contribution is -2.56. The molecule has 0 aromatic carbocycles. The average molecular weight is 254 g/mol. The zero-order valence-corrected chi connectivity index (χ0v) is 12.5. The first-order valence-electron chi connectivity index (χ1n) is 7.49. The SMILES string of the molecule is CC1CN(C2CC(C(C)(C)C)CCC2N)CCO1. The molecule has 4 atom stereocenters. The summed E-state index contributed by atoms with van der Waals surface area (Å²) in [6.45, 7) is 12.2. The van der Waals surface area contributed by atoms with E-state index in [1.807, 2.05) is 0 Å². The molecule has 2 N–H and O–H groups in total. The lowest BCUT2D eigenvalue weighted by molar-refractivity contribution is -0.0511. The molecule has 0 spiro atoms. The molecule has 2 aliphatic rings. The van der Waals surface area contributed by atoms with Gasteiger partial charge in [-0.25, -0.2) is 0 Å². The molecule has 3 nitrogen and oxygen atoms in total. The molecule has 0 aromatic rings. The van der Waals surface area contributed by atoms with Gasteiger partial charge < -0.3 is 10.5 Å². The molecule has 0 aromatic heterocycles. The number of rotatable bonds is 1. The second-order valence-electron chi connectivity index (χ2n) is 7.28. The van der Waals surface area contributed by atoms with E-state index in [9.17, 15) is 0 Å². The van der Waals surface area contributed by atoms with Crippen LogP contribution >= 0.6 is 0 Å². The van der Waals surface area contributed by atoms with Gasteiger partial charge >= 0.3 is 0 Å². The van der Waals surface area contributed by atoms with Crippen LogP contribution in [0.4, 0.5) is 0 Å². The fourth-order valence-electron chi connectivity index (χ4n) is 3.52. The molecule has 106 valence electrons. The van der Waals surface area contributed by atoms with Crippen molar-refractivity contribution in [3.63, 3.8) is 0 Å². The lowest BCUT2D eigenvalue weighted by Gasteiger charge is -2.47. The van der Waals surface area contributed by atoms with Crippen molar-refractivity contribution in [2.24, 2.45) is 17.1 Å². The zero-order valence-electron chi connectivity index (χ0n) is 12.5. The number of morpholine rings is 1. The molecule has 0 amide bonds. The van der Waals surface area contributed by atoms with E-state index in [0.717, 1.165) is 25.6 Å². The fourth-order valence-corrected chi connectivity index (χ4v) is 3.52. The predicted octanol–water partition coefficient (Wildman–Crippen LogP) is 2.25. The van der Waals surface area contributed by atoms with Gasteiger partial charge in [0, 0.05) is 25.2 Å². The quantitative estimate of drug-likeness (QED) is 0.780. The van der Waals surface area contributed by atoms with Crippen LogP contribution in [0.25, 0.3) is 0 Å². The lowest BCUT2D eigenvalue weighted by atomic mass is 9.69. The van der Waals surface area contributed by atoms with Crippen molar-refractivity contribution < 1.29 is 4.74 Å². The minimum Gasteiger partial charge on any atom is -0.376 e. The van der Waals surface area contributed by atoms with Crippen LogP contribution < -0.4 is 5.73 Å². The maximum atomic E-state index is 6.38. The Hall–Kier alpha value is -0.120. The topological polar surface area (TPSA) is 38.5 Å². The standard InChI is InChI=1S/C15H30N2O/c1-11-10-17(7-8-18-11)14-9-12(15(2,3)4)5-6-13(14)16/h11-14H,5-10,16H2,1-4H3. The zero-order chi connectivity index (χ0) is 13.3. The van der Waals surface area contributed by atoms with Crippen LogP contribution in [0.15, 0.2) is 0 Å². The van der Waals surface area contributed by atoms with Crippen LogP contribution in [-0.4, -0.2) is 42.8 Å². The third kappa shape index (κ3) is 3.25. The Morgan fingerprint density at radius 3 is 2.56 bits per heavy atom. The fraction of sp³-hybridized carbons (Fsp3) is 1.00.